The maximum absolute atomic E-state index is 12.1. The second-order valence-electron chi connectivity index (χ2n) is 8.84. The molecule has 0 radical (unpaired) electrons. The van der Waals surface area contributed by atoms with Gasteiger partial charge in [0.25, 0.3) is 0 Å². The number of rotatable bonds is 16. The molecule has 1 heterocycles. The highest BCUT2D eigenvalue weighted by atomic mass is 16.5. The van der Waals surface area contributed by atoms with Crippen LogP contribution in [0, 0.1) is 0 Å². The molecule has 0 aromatic carbocycles. The molecular formula is C24H41NO8. The Morgan fingerprint density at radius 1 is 0.697 bits per heavy atom. The van der Waals surface area contributed by atoms with Crippen LogP contribution < -0.4 is 0 Å². The zero-order valence-corrected chi connectivity index (χ0v) is 20.3. The largest absolute Gasteiger partial charge is 0.466 e. The molecule has 2 N–H and O–H groups in total. The number of carbonyl (C=O) groups excluding carboxylic acids is 4. The van der Waals surface area contributed by atoms with Crippen LogP contribution in [0.5, 0.6) is 0 Å². The van der Waals surface area contributed by atoms with Crippen LogP contribution in [-0.4, -0.2) is 76.2 Å². The van der Waals surface area contributed by atoms with E-state index in [9.17, 15) is 29.4 Å². The van der Waals surface area contributed by atoms with Crippen LogP contribution in [0.4, 0.5) is 0 Å². The molecular weight excluding hydrogens is 430 g/mol. The van der Waals surface area contributed by atoms with Gasteiger partial charge < -0.3 is 24.6 Å². The Bertz CT molecular complexity index is 638. The van der Waals surface area contributed by atoms with Crippen molar-refractivity contribution in [2.75, 3.05) is 13.2 Å². The first kappa shape index (κ1) is 29.0. The predicted molar refractivity (Wildman–Crippen MR) is 121 cm³/mol. The van der Waals surface area contributed by atoms with Gasteiger partial charge in [-0.15, -0.1) is 0 Å². The molecule has 0 aromatic rings. The topological polar surface area (TPSA) is 130 Å². The third kappa shape index (κ3) is 11.1. The van der Waals surface area contributed by atoms with Gasteiger partial charge in [0, 0.05) is 33.6 Å². The summed E-state index contributed by atoms with van der Waals surface area (Å²) in [4.78, 5) is 47.1. The summed E-state index contributed by atoms with van der Waals surface area (Å²) >= 11 is 0. The number of unbranched alkanes of at least 4 members (excludes halogenated alkanes) is 6. The first-order valence-corrected chi connectivity index (χ1v) is 12.1. The van der Waals surface area contributed by atoms with Crippen molar-refractivity contribution in [2.24, 2.45) is 0 Å². The highest BCUT2D eigenvalue weighted by molar-refractivity contribution is 5.78. The van der Waals surface area contributed by atoms with E-state index in [4.69, 9.17) is 9.47 Å². The minimum absolute atomic E-state index is 0.127. The van der Waals surface area contributed by atoms with Crippen LogP contribution in [0.25, 0.3) is 0 Å². The first-order chi connectivity index (χ1) is 15.6. The number of esters is 2. The number of ether oxygens (including phenoxy) is 2. The summed E-state index contributed by atoms with van der Waals surface area (Å²) < 4.78 is 9.78. The number of aliphatic hydroxyl groups excluding tert-OH is 2. The van der Waals surface area contributed by atoms with Gasteiger partial charge in [0.15, 0.2) is 0 Å². The van der Waals surface area contributed by atoms with E-state index in [1.54, 1.807) is 0 Å². The molecule has 4 atom stereocenters. The van der Waals surface area contributed by atoms with Gasteiger partial charge in [-0.1, -0.05) is 38.5 Å². The zero-order chi connectivity index (χ0) is 24.8. The minimum Gasteiger partial charge on any atom is -0.466 e. The Hall–Kier alpha value is -2.00. The molecule has 1 aliphatic rings. The van der Waals surface area contributed by atoms with Crippen molar-refractivity contribution in [3.05, 3.63) is 0 Å². The van der Waals surface area contributed by atoms with Crippen molar-refractivity contribution in [1.29, 1.82) is 0 Å². The molecule has 0 aliphatic carbocycles. The number of likely N-dealkylation sites (tertiary alicyclic amines) is 1. The maximum atomic E-state index is 12.1. The Kier molecular flexibility index (Phi) is 13.9. The van der Waals surface area contributed by atoms with Crippen molar-refractivity contribution in [3.63, 3.8) is 0 Å². The van der Waals surface area contributed by atoms with Gasteiger partial charge in [-0.05, 0) is 19.3 Å². The quantitative estimate of drug-likeness (QED) is 0.259. The third-order valence-electron chi connectivity index (χ3n) is 6.03. The zero-order valence-electron chi connectivity index (χ0n) is 20.3. The molecule has 0 unspecified atom stereocenters. The lowest BCUT2D eigenvalue weighted by Gasteiger charge is -2.29. The maximum Gasteiger partial charge on any atom is 0.302 e. The number of aliphatic hydroxyl groups is 2. The molecule has 9 heteroatoms. The SMILES string of the molecule is CC(=O)OCCCC(=O)CCCCCCCCC[C@@H]1[C@@H](O)[C@H](O)[C@@H](COC(C)=O)N1C(C)=O. The number of carbonyl (C=O) groups is 4. The van der Waals surface area contributed by atoms with E-state index < -0.39 is 30.3 Å². The molecule has 0 saturated carbocycles. The van der Waals surface area contributed by atoms with E-state index in [-0.39, 0.29) is 24.3 Å². The Morgan fingerprint density at radius 2 is 1.21 bits per heavy atom. The highest BCUT2D eigenvalue weighted by Crippen LogP contribution is 2.29. The molecule has 1 rings (SSSR count). The molecule has 0 bridgehead atoms. The van der Waals surface area contributed by atoms with Gasteiger partial charge in [0.1, 0.15) is 24.6 Å². The monoisotopic (exact) mass is 471 g/mol. The van der Waals surface area contributed by atoms with Gasteiger partial charge in [0.05, 0.1) is 18.7 Å². The molecule has 9 nitrogen and oxygen atoms in total. The molecule has 33 heavy (non-hydrogen) atoms. The second-order valence-corrected chi connectivity index (χ2v) is 8.84. The van der Waals surface area contributed by atoms with Gasteiger partial charge in [-0.25, -0.2) is 0 Å². The van der Waals surface area contributed by atoms with E-state index in [2.05, 4.69) is 0 Å². The molecule has 1 aliphatic heterocycles. The Balaban J connectivity index is 2.17. The smallest absolute Gasteiger partial charge is 0.302 e. The van der Waals surface area contributed by atoms with Crippen LogP contribution in [0.15, 0.2) is 0 Å². The van der Waals surface area contributed by atoms with E-state index in [0.717, 1.165) is 44.9 Å². The third-order valence-corrected chi connectivity index (χ3v) is 6.03. The van der Waals surface area contributed by atoms with Crippen molar-refractivity contribution in [1.82, 2.24) is 4.90 Å². The lowest BCUT2D eigenvalue weighted by Crippen LogP contribution is -2.45. The van der Waals surface area contributed by atoms with Crippen LogP contribution >= 0.6 is 0 Å². The minimum atomic E-state index is -1.14. The number of Topliss-reactive ketones (excluding diaryl/α,β-unsaturated/α-hetero) is 1. The van der Waals surface area contributed by atoms with Gasteiger partial charge in [-0.3, -0.25) is 19.2 Å². The van der Waals surface area contributed by atoms with Crippen LogP contribution in [0.3, 0.4) is 0 Å². The summed E-state index contributed by atoms with van der Waals surface area (Å²) in [5.74, 6) is -0.860. The lowest BCUT2D eigenvalue weighted by atomic mass is 10.0. The predicted octanol–water partition coefficient (Wildman–Crippen LogP) is 2.29. The number of hydrogen-bond donors (Lipinski definition) is 2. The summed E-state index contributed by atoms with van der Waals surface area (Å²) in [6.45, 7) is 4.18. The standard InChI is InChI=1S/C24H41NO8/c1-17(26)25-21(23(30)24(31)22(25)16-33-19(3)28)14-10-8-6-4-5-7-9-12-20(29)13-11-15-32-18(2)27/h21-24,30-31H,4-16H2,1-3H3/t21-,22-,23-,24-/m1/s1. The number of hydrogen-bond acceptors (Lipinski definition) is 8. The van der Waals surface area contributed by atoms with Crippen LogP contribution in [0.1, 0.15) is 91.4 Å². The summed E-state index contributed by atoms with van der Waals surface area (Å²) in [6.07, 6.45) is 6.76. The fourth-order valence-corrected chi connectivity index (χ4v) is 4.36. The summed E-state index contributed by atoms with van der Waals surface area (Å²) in [6, 6.07) is -1.21. The first-order valence-electron chi connectivity index (χ1n) is 12.1. The summed E-state index contributed by atoms with van der Waals surface area (Å²) in [7, 11) is 0. The van der Waals surface area contributed by atoms with Crippen LogP contribution in [-0.2, 0) is 28.7 Å². The van der Waals surface area contributed by atoms with Crippen molar-refractivity contribution in [3.8, 4) is 0 Å². The molecule has 1 fully saturated rings. The molecule has 0 aromatic heterocycles. The molecule has 190 valence electrons. The molecule has 1 amide bonds. The fourth-order valence-electron chi connectivity index (χ4n) is 4.36. The molecule has 1 saturated heterocycles. The number of ketones is 1. The Labute approximate surface area is 196 Å². The fraction of sp³-hybridized carbons (Fsp3) is 0.833. The van der Waals surface area contributed by atoms with Crippen molar-refractivity contribution in [2.45, 2.75) is 116 Å². The van der Waals surface area contributed by atoms with Crippen molar-refractivity contribution >= 4 is 23.6 Å². The lowest BCUT2D eigenvalue weighted by molar-refractivity contribution is -0.147. The molecule has 0 spiro atoms. The highest BCUT2D eigenvalue weighted by Gasteiger charge is 2.48. The van der Waals surface area contributed by atoms with E-state index in [1.807, 2.05) is 0 Å². The summed E-state index contributed by atoms with van der Waals surface area (Å²) in [5.41, 5.74) is 0. The van der Waals surface area contributed by atoms with E-state index in [1.165, 1.54) is 25.7 Å². The van der Waals surface area contributed by atoms with Crippen LogP contribution in [0.2, 0.25) is 0 Å². The number of amides is 1. The van der Waals surface area contributed by atoms with Gasteiger partial charge in [0.2, 0.25) is 5.91 Å². The van der Waals surface area contributed by atoms with Gasteiger partial charge in [-0.2, -0.15) is 0 Å². The van der Waals surface area contributed by atoms with E-state index >= 15 is 0 Å². The average Bonchev–Trinajstić information content (AvgIpc) is 2.98. The normalized spacial score (nSPS) is 22.3. The number of nitrogens with zero attached hydrogens (tertiary/aromatic N) is 1. The van der Waals surface area contributed by atoms with Gasteiger partial charge >= 0.3 is 11.9 Å². The second kappa shape index (κ2) is 15.8. The average molecular weight is 472 g/mol. The summed E-state index contributed by atoms with van der Waals surface area (Å²) in [5, 5.41) is 20.7. The van der Waals surface area contributed by atoms with Crippen molar-refractivity contribution < 1.29 is 38.9 Å². The Morgan fingerprint density at radius 3 is 1.79 bits per heavy atom. The van der Waals surface area contributed by atoms with E-state index in [0.29, 0.717) is 32.3 Å².